The molecule has 1 N–H and O–H groups in total. The van der Waals surface area contributed by atoms with E-state index in [9.17, 15) is 4.79 Å². The van der Waals surface area contributed by atoms with Crippen molar-refractivity contribution >= 4 is 23.4 Å². The maximum absolute atomic E-state index is 12.2. The molecule has 3 aliphatic rings. The van der Waals surface area contributed by atoms with E-state index in [0.717, 1.165) is 53.1 Å². The molecule has 0 radical (unpaired) electrons. The van der Waals surface area contributed by atoms with Gasteiger partial charge in [0.2, 0.25) is 0 Å². The van der Waals surface area contributed by atoms with Crippen LogP contribution in [-0.2, 0) is 10.3 Å². The van der Waals surface area contributed by atoms with Gasteiger partial charge in [0.1, 0.15) is 5.60 Å². The van der Waals surface area contributed by atoms with Gasteiger partial charge in [-0.2, -0.15) is 0 Å². The van der Waals surface area contributed by atoms with Crippen molar-refractivity contribution in [3.05, 3.63) is 53.1 Å². The number of rotatable bonds is 3. The Bertz CT molecular complexity index is 827. The van der Waals surface area contributed by atoms with E-state index in [2.05, 4.69) is 17.4 Å². The van der Waals surface area contributed by atoms with E-state index in [1.165, 1.54) is 0 Å². The number of hydrogen-bond donors (Lipinski definition) is 1. The second-order valence-electron chi connectivity index (χ2n) is 7.13. The zero-order chi connectivity index (χ0) is 16.3. The lowest BCUT2D eigenvalue weighted by atomic mass is 9.80. The monoisotopic (exact) mass is 339 g/mol. The van der Waals surface area contributed by atoms with Gasteiger partial charge in [-0.3, -0.25) is 5.32 Å². The van der Waals surface area contributed by atoms with Crippen LogP contribution in [0, 0.1) is 11.8 Å². The molecular formula is C20H18ClNO2. The summed E-state index contributed by atoms with van der Waals surface area (Å²) in [5.41, 5.74) is 3.82. The highest BCUT2D eigenvalue weighted by atomic mass is 35.5. The number of amides is 1. The number of halogens is 1. The molecule has 24 heavy (non-hydrogen) atoms. The average Bonchev–Trinajstić information content (AvgIpc) is 3.47. The van der Waals surface area contributed by atoms with Gasteiger partial charge in [-0.25, -0.2) is 4.79 Å². The molecule has 2 saturated carbocycles. The predicted octanol–water partition coefficient (Wildman–Crippen LogP) is 5.58. The number of benzene rings is 2. The minimum atomic E-state index is -0.424. The van der Waals surface area contributed by atoms with Crippen LogP contribution in [-0.4, -0.2) is 6.09 Å². The van der Waals surface area contributed by atoms with E-state index in [1.54, 1.807) is 0 Å². The van der Waals surface area contributed by atoms with Crippen LogP contribution in [0.3, 0.4) is 0 Å². The van der Waals surface area contributed by atoms with Gasteiger partial charge in [0, 0.05) is 22.4 Å². The van der Waals surface area contributed by atoms with E-state index in [4.69, 9.17) is 16.3 Å². The maximum Gasteiger partial charge on any atom is 0.412 e. The molecule has 1 heterocycles. The van der Waals surface area contributed by atoms with E-state index >= 15 is 0 Å². The highest BCUT2D eigenvalue weighted by Gasteiger charge is 2.60. The van der Waals surface area contributed by atoms with Gasteiger partial charge in [0.15, 0.2) is 0 Å². The fraction of sp³-hybridized carbons (Fsp3) is 0.350. The topological polar surface area (TPSA) is 38.3 Å². The van der Waals surface area contributed by atoms with Gasteiger partial charge in [0.05, 0.1) is 5.69 Å². The van der Waals surface area contributed by atoms with Crippen LogP contribution in [0.4, 0.5) is 10.5 Å². The van der Waals surface area contributed by atoms with Gasteiger partial charge >= 0.3 is 6.09 Å². The summed E-state index contributed by atoms with van der Waals surface area (Å²) in [6.07, 6.45) is 4.27. The minimum absolute atomic E-state index is 0.309. The molecule has 0 bridgehead atoms. The van der Waals surface area contributed by atoms with Crippen molar-refractivity contribution in [2.45, 2.75) is 31.3 Å². The maximum atomic E-state index is 12.2. The number of anilines is 1. The molecule has 2 aromatic carbocycles. The molecule has 0 aromatic heterocycles. The fourth-order valence-corrected chi connectivity index (χ4v) is 4.32. The van der Waals surface area contributed by atoms with Crippen LogP contribution in [0.1, 0.15) is 31.2 Å². The van der Waals surface area contributed by atoms with Gasteiger partial charge in [0.25, 0.3) is 0 Å². The summed E-state index contributed by atoms with van der Waals surface area (Å²) >= 11 is 6.15. The Morgan fingerprint density at radius 2 is 1.71 bits per heavy atom. The number of hydrogen-bond acceptors (Lipinski definition) is 2. The zero-order valence-corrected chi connectivity index (χ0v) is 14.0. The summed E-state index contributed by atoms with van der Waals surface area (Å²) < 4.78 is 5.99. The Morgan fingerprint density at radius 3 is 2.38 bits per heavy atom. The molecule has 0 spiro atoms. The number of nitrogens with one attached hydrogen (secondary N) is 1. The Balaban J connectivity index is 1.68. The van der Waals surface area contributed by atoms with Gasteiger partial charge in [-0.1, -0.05) is 29.8 Å². The van der Waals surface area contributed by atoms with Crippen LogP contribution >= 0.6 is 11.6 Å². The molecule has 2 aliphatic carbocycles. The average molecular weight is 340 g/mol. The van der Waals surface area contributed by atoms with E-state index in [0.29, 0.717) is 11.8 Å². The summed E-state index contributed by atoms with van der Waals surface area (Å²) in [4.78, 5) is 12.2. The Hall–Kier alpha value is -2.00. The van der Waals surface area contributed by atoms with Crippen molar-refractivity contribution in [1.82, 2.24) is 0 Å². The lowest BCUT2D eigenvalue weighted by molar-refractivity contribution is -0.0265. The lowest BCUT2D eigenvalue weighted by Crippen LogP contribution is -2.43. The van der Waals surface area contributed by atoms with Crippen molar-refractivity contribution in [2.75, 3.05) is 5.32 Å². The highest BCUT2D eigenvalue weighted by molar-refractivity contribution is 6.30. The molecule has 5 rings (SSSR count). The molecule has 0 unspecified atom stereocenters. The molecule has 0 saturated heterocycles. The number of carbonyl (C=O) groups is 1. The molecule has 122 valence electrons. The first-order chi connectivity index (χ1) is 11.7. The second-order valence-corrected chi connectivity index (χ2v) is 7.56. The van der Waals surface area contributed by atoms with Crippen LogP contribution in [0.5, 0.6) is 0 Å². The minimum Gasteiger partial charge on any atom is -0.437 e. The van der Waals surface area contributed by atoms with Crippen molar-refractivity contribution < 1.29 is 9.53 Å². The summed E-state index contributed by atoms with van der Waals surface area (Å²) in [7, 11) is 0. The van der Waals surface area contributed by atoms with Crippen LogP contribution < -0.4 is 5.32 Å². The third-order valence-electron chi connectivity index (χ3n) is 5.46. The smallest absolute Gasteiger partial charge is 0.412 e. The first-order valence-corrected chi connectivity index (χ1v) is 8.95. The van der Waals surface area contributed by atoms with Gasteiger partial charge in [-0.05, 0) is 61.1 Å². The third-order valence-corrected chi connectivity index (χ3v) is 5.70. The fourth-order valence-electron chi connectivity index (χ4n) is 4.13. The molecule has 1 amide bonds. The Kier molecular flexibility index (Phi) is 2.99. The standard InChI is InChI=1S/C20H18ClNO2/c21-16-3-1-2-12(10-16)13-4-9-18-17(11-13)20(14-5-6-14,15-7-8-15)24-19(23)22-18/h1-4,9-11,14-15H,5-8H2,(H,22,23). The first kappa shape index (κ1) is 14.4. The Morgan fingerprint density at radius 1 is 1.00 bits per heavy atom. The van der Waals surface area contributed by atoms with Crippen LogP contribution in [0.2, 0.25) is 5.02 Å². The van der Waals surface area contributed by atoms with Gasteiger partial charge < -0.3 is 4.74 Å². The summed E-state index contributed by atoms with van der Waals surface area (Å²) in [6.45, 7) is 0. The number of fused-ring (bicyclic) bond motifs is 1. The molecule has 0 atom stereocenters. The van der Waals surface area contributed by atoms with Gasteiger partial charge in [-0.15, -0.1) is 0 Å². The normalized spacial score (nSPS) is 21.6. The second kappa shape index (κ2) is 5.00. The molecular weight excluding hydrogens is 322 g/mol. The van der Waals surface area contributed by atoms with Crippen LogP contribution in [0.15, 0.2) is 42.5 Å². The summed E-state index contributed by atoms with van der Waals surface area (Å²) in [6, 6.07) is 14.1. The molecule has 2 aromatic rings. The van der Waals surface area contributed by atoms with E-state index in [-0.39, 0.29) is 6.09 Å². The first-order valence-electron chi connectivity index (χ1n) is 8.57. The van der Waals surface area contributed by atoms with Crippen molar-refractivity contribution in [1.29, 1.82) is 0 Å². The largest absolute Gasteiger partial charge is 0.437 e. The molecule has 2 fully saturated rings. The van der Waals surface area contributed by atoms with Crippen molar-refractivity contribution in [2.24, 2.45) is 11.8 Å². The van der Waals surface area contributed by atoms with E-state index in [1.807, 2.05) is 30.3 Å². The summed E-state index contributed by atoms with van der Waals surface area (Å²) in [5.74, 6) is 0.925. The number of cyclic esters (lactones) is 1. The number of carbonyl (C=O) groups excluding carboxylic acids is 1. The SMILES string of the molecule is O=C1Nc2ccc(-c3cccc(Cl)c3)cc2C(C2CC2)(C2CC2)O1. The van der Waals surface area contributed by atoms with Crippen molar-refractivity contribution in [3.63, 3.8) is 0 Å². The predicted molar refractivity (Wildman–Crippen MR) is 94.1 cm³/mol. The van der Waals surface area contributed by atoms with E-state index < -0.39 is 5.60 Å². The number of ether oxygens (including phenoxy) is 1. The summed E-state index contributed by atoms with van der Waals surface area (Å²) in [5, 5.41) is 3.61. The third kappa shape index (κ3) is 2.15. The quantitative estimate of drug-likeness (QED) is 0.792. The zero-order valence-electron chi connectivity index (χ0n) is 13.2. The lowest BCUT2D eigenvalue weighted by Gasteiger charge is -2.39. The molecule has 4 heteroatoms. The highest BCUT2D eigenvalue weighted by Crippen LogP contribution is 2.62. The van der Waals surface area contributed by atoms with Crippen molar-refractivity contribution in [3.8, 4) is 11.1 Å². The van der Waals surface area contributed by atoms with Crippen LogP contribution in [0.25, 0.3) is 11.1 Å². The molecule has 1 aliphatic heterocycles. The molecule has 3 nitrogen and oxygen atoms in total. The Labute approximate surface area is 146 Å².